The first-order valence-electron chi connectivity index (χ1n) is 6.44. The van der Waals surface area contributed by atoms with Crippen molar-refractivity contribution in [3.63, 3.8) is 0 Å². The Morgan fingerprint density at radius 1 is 1.65 bits per heavy atom. The highest BCUT2D eigenvalue weighted by molar-refractivity contribution is 5.10. The summed E-state index contributed by atoms with van der Waals surface area (Å²) < 4.78 is 1.80. The van der Waals surface area contributed by atoms with Crippen LogP contribution in [0, 0.1) is 5.41 Å². The summed E-state index contributed by atoms with van der Waals surface area (Å²) in [4.78, 5) is 0. The molecule has 1 heterocycles. The van der Waals surface area contributed by atoms with Gasteiger partial charge in [0.2, 0.25) is 0 Å². The molecule has 1 saturated carbocycles. The standard InChI is InChI=1S/C13H24N4/c1-13(2)5-4-11(6-13)15-8-12(14)10-7-16-17(3)9-10/h7,9,11-12,15H,4-6,8,14H2,1-3H3. The Labute approximate surface area is 104 Å². The van der Waals surface area contributed by atoms with Crippen LogP contribution in [0.1, 0.15) is 44.7 Å². The van der Waals surface area contributed by atoms with Gasteiger partial charge in [-0.2, -0.15) is 5.10 Å². The van der Waals surface area contributed by atoms with Crippen LogP contribution in [0.2, 0.25) is 0 Å². The predicted molar refractivity (Wildman–Crippen MR) is 69.6 cm³/mol. The lowest BCUT2D eigenvalue weighted by Crippen LogP contribution is -2.34. The summed E-state index contributed by atoms with van der Waals surface area (Å²) in [5.74, 6) is 0. The lowest BCUT2D eigenvalue weighted by molar-refractivity contribution is 0.362. The molecule has 2 atom stereocenters. The Balaban J connectivity index is 1.79. The van der Waals surface area contributed by atoms with E-state index in [4.69, 9.17) is 5.73 Å². The minimum absolute atomic E-state index is 0.0485. The van der Waals surface area contributed by atoms with Gasteiger partial charge in [-0.05, 0) is 24.7 Å². The molecule has 17 heavy (non-hydrogen) atoms. The van der Waals surface area contributed by atoms with Gasteiger partial charge in [-0.25, -0.2) is 0 Å². The monoisotopic (exact) mass is 236 g/mol. The van der Waals surface area contributed by atoms with Crippen LogP contribution in [0.3, 0.4) is 0 Å². The molecular formula is C13H24N4. The summed E-state index contributed by atoms with van der Waals surface area (Å²) in [7, 11) is 1.92. The molecule has 4 nitrogen and oxygen atoms in total. The Morgan fingerprint density at radius 2 is 2.41 bits per heavy atom. The first kappa shape index (κ1) is 12.6. The van der Waals surface area contributed by atoms with Crippen molar-refractivity contribution in [1.29, 1.82) is 0 Å². The van der Waals surface area contributed by atoms with E-state index in [0.717, 1.165) is 12.1 Å². The third kappa shape index (κ3) is 3.30. The zero-order chi connectivity index (χ0) is 12.5. The number of nitrogens with one attached hydrogen (secondary N) is 1. The molecule has 1 aliphatic rings. The maximum atomic E-state index is 6.14. The molecule has 0 aromatic carbocycles. The maximum absolute atomic E-state index is 6.14. The minimum Gasteiger partial charge on any atom is -0.323 e. The van der Waals surface area contributed by atoms with E-state index in [-0.39, 0.29) is 6.04 Å². The quantitative estimate of drug-likeness (QED) is 0.834. The Morgan fingerprint density at radius 3 is 2.94 bits per heavy atom. The summed E-state index contributed by atoms with van der Waals surface area (Å²) >= 11 is 0. The topological polar surface area (TPSA) is 55.9 Å². The molecule has 4 heteroatoms. The first-order chi connectivity index (χ1) is 7.96. The molecule has 0 radical (unpaired) electrons. The van der Waals surface area contributed by atoms with Crippen LogP contribution in [0.5, 0.6) is 0 Å². The zero-order valence-electron chi connectivity index (χ0n) is 11.1. The maximum Gasteiger partial charge on any atom is 0.0537 e. The van der Waals surface area contributed by atoms with Crippen LogP contribution in [0.25, 0.3) is 0 Å². The van der Waals surface area contributed by atoms with Crippen molar-refractivity contribution in [3.8, 4) is 0 Å². The number of rotatable bonds is 4. The largest absolute Gasteiger partial charge is 0.323 e. The van der Waals surface area contributed by atoms with Crippen molar-refractivity contribution in [2.24, 2.45) is 18.2 Å². The molecule has 1 fully saturated rings. The van der Waals surface area contributed by atoms with Gasteiger partial charge in [-0.3, -0.25) is 4.68 Å². The van der Waals surface area contributed by atoms with E-state index in [1.807, 2.05) is 19.4 Å². The van der Waals surface area contributed by atoms with E-state index >= 15 is 0 Å². The molecule has 0 bridgehead atoms. The van der Waals surface area contributed by atoms with Gasteiger partial charge >= 0.3 is 0 Å². The van der Waals surface area contributed by atoms with Gasteiger partial charge in [0.05, 0.1) is 6.20 Å². The summed E-state index contributed by atoms with van der Waals surface area (Å²) in [5.41, 5.74) is 7.74. The molecule has 0 amide bonds. The minimum atomic E-state index is 0.0485. The van der Waals surface area contributed by atoms with Crippen molar-refractivity contribution in [1.82, 2.24) is 15.1 Å². The third-order valence-electron chi connectivity index (χ3n) is 3.75. The third-order valence-corrected chi connectivity index (χ3v) is 3.75. The normalized spacial score (nSPS) is 25.1. The van der Waals surface area contributed by atoms with Gasteiger partial charge in [0, 0.05) is 37.4 Å². The van der Waals surface area contributed by atoms with Crippen molar-refractivity contribution in [2.75, 3.05) is 6.54 Å². The van der Waals surface area contributed by atoms with Gasteiger partial charge in [-0.1, -0.05) is 13.8 Å². The average molecular weight is 236 g/mol. The van der Waals surface area contributed by atoms with Crippen LogP contribution in [-0.4, -0.2) is 22.4 Å². The molecule has 2 unspecified atom stereocenters. The lowest BCUT2D eigenvalue weighted by Gasteiger charge is -2.19. The van der Waals surface area contributed by atoms with Crippen LogP contribution in [-0.2, 0) is 7.05 Å². The van der Waals surface area contributed by atoms with E-state index in [1.54, 1.807) is 4.68 Å². The summed E-state index contributed by atoms with van der Waals surface area (Å²) in [6.07, 6.45) is 7.68. The number of aromatic nitrogens is 2. The fourth-order valence-corrected chi connectivity index (χ4v) is 2.65. The van der Waals surface area contributed by atoms with Crippen molar-refractivity contribution < 1.29 is 0 Å². The van der Waals surface area contributed by atoms with Crippen LogP contribution < -0.4 is 11.1 Å². The summed E-state index contributed by atoms with van der Waals surface area (Å²) in [6.45, 7) is 5.53. The fraction of sp³-hybridized carbons (Fsp3) is 0.769. The molecule has 1 aromatic rings. The second-order valence-electron chi connectivity index (χ2n) is 6.07. The SMILES string of the molecule is Cn1cc(C(N)CNC2CCC(C)(C)C2)cn1. The predicted octanol–water partition coefficient (Wildman–Crippen LogP) is 1.59. The van der Waals surface area contributed by atoms with Crippen LogP contribution >= 0.6 is 0 Å². The van der Waals surface area contributed by atoms with Gasteiger partial charge in [0.15, 0.2) is 0 Å². The van der Waals surface area contributed by atoms with Crippen molar-refractivity contribution >= 4 is 0 Å². The lowest BCUT2D eigenvalue weighted by atomic mass is 9.92. The van der Waals surface area contributed by atoms with Gasteiger partial charge in [0.25, 0.3) is 0 Å². The fourth-order valence-electron chi connectivity index (χ4n) is 2.65. The number of nitrogens with two attached hydrogens (primary N) is 1. The zero-order valence-corrected chi connectivity index (χ0v) is 11.1. The second kappa shape index (κ2) is 4.78. The molecule has 0 spiro atoms. The number of nitrogens with zero attached hydrogens (tertiary/aromatic N) is 2. The van der Waals surface area contributed by atoms with Gasteiger partial charge in [0.1, 0.15) is 0 Å². The second-order valence-corrected chi connectivity index (χ2v) is 6.07. The van der Waals surface area contributed by atoms with Crippen molar-refractivity contribution in [2.45, 2.75) is 45.2 Å². The van der Waals surface area contributed by atoms with E-state index in [0.29, 0.717) is 11.5 Å². The van der Waals surface area contributed by atoms with Crippen LogP contribution in [0.4, 0.5) is 0 Å². The van der Waals surface area contributed by atoms with E-state index in [2.05, 4.69) is 24.3 Å². The number of aryl methyl sites for hydroxylation is 1. The molecule has 3 N–H and O–H groups in total. The molecule has 96 valence electrons. The van der Waals surface area contributed by atoms with Crippen molar-refractivity contribution in [3.05, 3.63) is 18.0 Å². The highest BCUT2D eigenvalue weighted by atomic mass is 15.2. The van der Waals surface area contributed by atoms with E-state index in [9.17, 15) is 0 Å². The molecule has 1 aromatic heterocycles. The Bertz CT molecular complexity index is 369. The number of hydrogen-bond donors (Lipinski definition) is 2. The first-order valence-corrected chi connectivity index (χ1v) is 6.44. The van der Waals surface area contributed by atoms with Crippen LogP contribution in [0.15, 0.2) is 12.4 Å². The highest BCUT2D eigenvalue weighted by Crippen LogP contribution is 2.36. The van der Waals surface area contributed by atoms with E-state index in [1.165, 1.54) is 19.3 Å². The Hall–Kier alpha value is -0.870. The average Bonchev–Trinajstić information content (AvgIpc) is 2.81. The summed E-state index contributed by atoms with van der Waals surface area (Å²) in [5, 5.41) is 7.73. The smallest absolute Gasteiger partial charge is 0.0537 e. The molecular weight excluding hydrogens is 212 g/mol. The van der Waals surface area contributed by atoms with E-state index < -0.39 is 0 Å². The molecule has 2 rings (SSSR count). The molecule has 0 saturated heterocycles. The summed E-state index contributed by atoms with van der Waals surface area (Å²) in [6, 6.07) is 0.681. The molecule has 0 aliphatic heterocycles. The van der Waals surface area contributed by atoms with Gasteiger partial charge < -0.3 is 11.1 Å². The highest BCUT2D eigenvalue weighted by Gasteiger charge is 2.30. The molecule has 1 aliphatic carbocycles. The Kier molecular flexibility index (Phi) is 3.54. The van der Waals surface area contributed by atoms with Gasteiger partial charge in [-0.15, -0.1) is 0 Å². The number of hydrogen-bond acceptors (Lipinski definition) is 3.